The molecule has 1 aliphatic rings. The molecule has 0 spiro atoms. The third-order valence-corrected chi connectivity index (χ3v) is 4.36. The zero-order chi connectivity index (χ0) is 15.0. The first-order chi connectivity index (χ1) is 9.32. The predicted octanol–water partition coefficient (Wildman–Crippen LogP) is 3.22. The zero-order valence-corrected chi connectivity index (χ0v) is 13.5. The van der Waals surface area contributed by atoms with Crippen LogP contribution in [0.1, 0.15) is 58.1 Å². The van der Waals surface area contributed by atoms with Crippen LogP contribution in [0.5, 0.6) is 0 Å². The zero-order valence-electron chi connectivity index (χ0n) is 13.5. The highest BCUT2D eigenvalue weighted by Crippen LogP contribution is 2.36. The van der Waals surface area contributed by atoms with Crippen molar-refractivity contribution in [3.8, 4) is 0 Å². The lowest BCUT2D eigenvalue weighted by atomic mass is 9.74. The maximum atomic E-state index is 12.6. The summed E-state index contributed by atoms with van der Waals surface area (Å²) < 4.78 is 1.84. The molecule has 0 aromatic carbocycles. The summed E-state index contributed by atoms with van der Waals surface area (Å²) in [4.78, 5) is 14.6. The summed E-state index contributed by atoms with van der Waals surface area (Å²) in [5.74, 6) is 1.82. The van der Waals surface area contributed by atoms with Crippen molar-refractivity contribution < 1.29 is 4.79 Å². The molecule has 2 heterocycles. The van der Waals surface area contributed by atoms with Gasteiger partial charge in [-0.05, 0) is 37.7 Å². The van der Waals surface area contributed by atoms with Gasteiger partial charge in [0.25, 0.3) is 5.91 Å². The van der Waals surface area contributed by atoms with Gasteiger partial charge in [0.1, 0.15) is 5.69 Å². The van der Waals surface area contributed by atoms with E-state index in [1.54, 1.807) is 0 Å². The first kappa shape index (κ1) is 15.1. The van der Waals surface area contributed by atoms with Crippen LogP contribution in [-0.4, -0.2) is 33.2 Å². The van der Waals surface area contributed by atoms with Crippen LogP contribution < -0.4 is 0 Å². The minimum Gasteiger partial charge on any atom is -0.333 e. The van der Waals surface area contributed by atoms with E-state index in [-0.39, 0.29) is 11.9 Å². The average molecular weight is 277 g/mol. The van der Waals surface area contributed by atoms with Gasteiger partial charge in [0.05, 0.1) is 0 Å². The fourth-order valence-corrected chi connectivity index (χ4v) is 3.11. The second kappa shape index (κ2) is 5.58. The minimum absolute atomic E-state index is 0.0833. The highest BCUT2D eigenvalue weighted by Gasteiger charge is 2.45. The molecular formula is C16H27N3O. The van der Waals surface area contributed by atoms with Crippen LogP contribution in [0.3, 0.4) is 0 Å². The summed E-state index contributed by atoms with van der Waals surface area (Å²) in [6, 6.07) is 2.48. The van der Waals surface area contributed by atoms with Gasteiger partial charge in [0.15, 0.2) is 0 Å². The molecule has 1 amide bonds. The van der Waals surface area contributed by atoms with Crippen molar-refractivity contribution in [2.75, 3.05) is 6.54 Å². The monoisotopic (exact) mass is 277 g/mol. The van der Waals surface area contributed by atoms with Gasteiger partial charge in [-0.3, -0.25) is 9.48 Å². The maximum Gasteiger partial charge on any atom is 0.274 e. The first-order valence-corrected chi connectivity index (χ1v) is 7.69. The molecule has 0 radical (unpaired) electrons. The number of rotatable bonds is 4. The molecule has 1 aliphatic heterocycles. The highest BCUT2D eigenvalue weighted by atomic mass is 16.2. The van der Waals surface area contributed by atoms with Gasteiger partial charge < -0.3 is 4.90 Å². The average Bonchev–Trinajstić information content (AvgIpc) is 2.74. The Hall–Kier alpha value is -1.32. The molecule has 0 N–H and O–H groups in total. The molecule has 1 saturated heterocycles. The Morgan fingerprint density at radius 3 is 2.30 bits per heavy atom. The Morgan fingerprint density at radius 2 is 1.85 bits per heavy atom. The van der Waals surface area contributed by atoms with E-state index in [1.165, 1.54) is 0 Å². The quantitative estimate of drug-likeness (QED) is 0.847. The van der Waals surface area contributed by atoms with E-state index in [1.807, 2.05) is 21.8 Å². The molecule has 0 bridgehead atoms. The summed E-state index contributed by atoms with van der Waals surface area (Å²) in [6.07, 6.45) is 1.89. The minimum atomic E-state index is 0.0833. The second-order valence-corrected chi connectivity index (χ2v) is 6.87. The van der Waals surface area contributed by atoms with Gasteiger partial charge >= 0.3 is 0 Å². The van der Waals surface area contributed by atoms with Crippen molar-refractivity contribution in [1.29, 1.82) is 0 Å². The standard InChI is InChI=1S/C16H27N3O/c1-10(2)13-9-18(15(13)11(3)4)16(20)14-7-8-19(17-14)12(5)6/h7-8,10-13,15H,9H2,1-6H3/t13-,15-/m1/s1. The van der Waals surface area contributed by atoms with Crippen LogP contribution >= 0.6 is 0 Å². The van der Waals surface area contributed by atoms with Crippen LogP contribution in [0.15, 0.2) is 12.3 Å². The number of amides is 1. The lowest BCUT2D eigenvalue weighted by Crippen LogP contribution is -2.62. The molecule has 1 fully saturated rings. The van der Waals surface area contributed by atoms with Crippen molar-refractivity contribution in [2.24, 2.45) is 17.8 Å². The summed E-state index contributed by atoms with van der Waals surface area (Å²) in [5, 5.41) is 4.40. The lowest BCUT2D eigenvalue weighted by molar-refractivity contribution is -0.0218. The van der Waals surface area contributed by atoms with E-state index >= 15 is 0 Å². The number of carbonyl (C=O) groups excluding carboxylic acids is 1. The van der Waals surface area contributed by atoms with Crippen molar-refractivity contribution in [1.82, 2.24) is 14.7 Å². The topological polar surface area (TPSA) is 38.1 Å². The Bertz CT molecular complexity index is 476. The van der Waals surface area contributed by atoms with Gasteiger partial charge in [0.2, 0.25) is 0 Å². The molecular weight excluding hydrogens is 250 g/mol. The van der Waals surface area contributed by atoms with Crippen LogP contribution in [0, 0.1) is 17.8 Å². The smallest absolute Gasteiger partial charge is 0.274 e. The van der Waals surface area contributed by atoms with Gasteiger partial charge in [-0.2, -0.15) is 5.10 Å². The van der Waals surface area contributed by atoms with Crippen LogP contribution in [0.4, 0.5) is 0 Å². The molecule has 2 atom stereocenters. The Balaban J connectivity index is 2.13. The molecule has 0 saturated carbocycles. The molecule has 4 heteroatoms. The molecule has 112 valence electrons. The summed E-state index contributed by atoms with van der Waals surface area (Å²) in [6.45, 7) is 13.9. The third-order valence-electron chi connectivity index (χ3n) is 4.36. The van der Waals surface area contributed by atoms with E-state index in [0.717, 1.165) is 6.54 Å². The molecule has 1 aromatic heterocycles. The maximum absolute atomic E-state index is 12.6. The summed E-state index contributed by atoms with van der Waals surface area (Å²) in [7, 11) is 0. The fraction of sp³-hybridized carbons (Fsp3) is 0.750. The van der Waals surface area contributed by atoms with Gasteiger partial charge in [-0.25, -0.2) is 0 Å². The Labute approximate surface area is 122 Å². The molecule has 1 aromatic rings. The lowest BCUT2D eigenvalue weighted by Gasteiger charge is -2.52. The number of aromatic nitrogens is 2. The van der Waals surface area contributed by atoms with Gasteiger partial charge in [-0.15, -0.1) is 0 Å². The highest BCUT2D eigenvalue weighted by molar-refractivity contribution is 5.93. The second-order valence-electron chi connectivity index (χ2n) is 6.87. The van der Waals surface area contributed by atoms with E-state index in [4.69, 9.17) is 0 Å². The van der Waals surface area contributed by atoms with Gasteiger partial charge in [-0.1, -0.05) is 27.7 Å². The van der Waals surface area contributed by atoms with E-state index in [2.05, 4.69) is 46.6 Å². The molecule has 0 aliphatic carbocycles. The molecule has 20 heavy (non-hydrogen) atoms. The SMILES string of the molecule is CC(C)[C@H]1CN(C(=O)c2ccn(C(C)C)n2)[C@@H]1C(C)C. The molecule has 0 unspecified atom stereocenters. The third kappa shape index (κ3) is 2.60. The Morgan fingerprint density at radius 1 is 1.20 bits per heavy atom. The number of hydrogen-bond acceptors (Lipinski definition) is 2. The van der Waals surface area contributed by atoms with Crippen molar-refractivity contribution in [2.45, 2.75) is 53.6 Å². The normalized spacial score (nSPS) is 22.8. The molecule has 2 rings (SSSR count). The van der Waals surface area contributed by atoms with Crippen LogP contribution in [0.2, 0.25) is 0 Å². The van der Waals surface area contributed by atoms with Crippen molar-refractivity contribution in [3.63, 3.8) is 0 Å². The number of nitrogens with zero attached hydrogens (tertiary/aromatic N) is 3. The number of hydrogen-bond donors (Lipinski definition) is 0. The van der Waals surface area contributed by atoms with E-state index in [0.29, 0.717) is 29.5 Å². The van der Waals surface area contributed by atoms with Crippen molar-refractivity contribution in [3.05, 3.63) is 18.0 Å². The van der Waals surface area contributed by atoms with Crippen molar-refractivity contribution >= 4 is 5.91 Å². The number of likely N-dealkylation sites (tertiary alicyclic amines) is 1. The fourth-order valence-electron chi connectivity index (χ4n) is 3.11. The van der Waals surface area contributed by atoms with E-state index < -0.39 is 0 Å². The molecule has 4 nitrogen and oxygen atoms in total. The largest absolute Gasteiger partial charge is 0.333 e. The summed E-state index contributed by atoms with van der Waals surface area (Å²) in [5.41, 5.74) is 0.576. The summed E-state index contributed by atoms with van der Waals surface area (Å²) >= 11 is 0. The number of carbonyl (C=O) groups is 1. The van der Waals surface area contributed by atoms with E-state index in [9.17, 15) is 4.79 Å². The first-order valence-electron chi connectivity index (χ1n) is 7.69. The van der Waals surface area contributed by atoms with Crippen LogP contribution in [-0.2, 0) is 0 Å². The predicted molar refractivity (Wildman–Crippen MR) is 80.6 cm³/mol. The van der Waals surface area contributed by atoms with Gasteiger partial charge in [0, 0.05) is 24.8 Å². The Kier molecular flexibility index (Phi) is 4.21. The van der Waals surface area contributed by atoms with Crippen LogP contribution in [0.25, 0.3) is 0 Å².